The molecule has 0 fully saturated rings. The Morgan fingerprint density at radius 1 is 1.41 bits per heavy atom. The quantitative estimate of drug-likeness (QED) is 0.785. The van der Waals surface area contributed by atoms with Crippen LogP contribution in [0.4, 0.5) is 5.69 Å². The summed E-state index contributed by atoms with van der Waals surface area (Å²) in [6.07, 6.45) is 0.351. The lowest BCUT2D eigenvalue weighted by molar-refractivity contribution is -0.116. The summed E-state index contributed by atoms with van der Waals surface area (Å²) in [7, 11) is 0. The van der Waals surface area contributed by atoms with E-state index >= 15 is 0 Å². The first-order chi connectivity index (χ1) is 7.69. The molecular weight excluding hydrogens is 238 g/mol. The number of fused-ring (bicyclic) bond motifs is 1. The maximum absolute atomic E-state index is 11.4. The largest absolute Gasteiger partial charge is 0.359 e. The topological polar surface area (TPSA) is 70.9 Å². The van der Waals surface area contributed by atoms with Crippen LogP contribution in [0, 0.1) is 6.92 Å². The summed E-state index contributed by atoms with van der Waals surface area (Å²) in [6.45, 7) is 2.38. The molecule has 0 saturated carbocycles. The molecule has 1 aromatic heterocycles. The predicted molar refractivity (Wildman–Crippen MR) is 72.6 cm³/mol. The maximum atomic E-state index is 11.4. The van der Waals surface area contributed by atoms with Gasteiger partial charge in [0.05, 0.1) is 0 Å². The normalized spacial score (nSPS) is 10.0. The molecule has 2 rings (SSSR count). The highest BCUT2D eigenvalue weighted by Crippen LogP contribution is 2.19. The molecule has 1 aromatic carbocycles. The number of carbonyl (C=O) groups excluding carboxylic acids is 1. The van der Waals surface area contributed by atoms with Gasteiger partial charge in [-0.25, -0.2) is 0 Å². The van der Waals surface area contributed by atoms with Gasteiger partial charge in [0, 0.05) is 35.2 Å². The summed E-state index contributed by atoms with van der Waals surface area (Å²) in [6, 6.07) is 7.84. The molecule has 0 aliphatic carbocycles. The van der Waals surface area contributed by atoms with Crippen molar-refractivity contribution in [2.24, 2.45) is 5.73 Å². The third-order valence-corrected chi connectivity index (χ3v) is 2.41. The number of carbonyl (C=O) groups is 1. The zero-order valence-corrected chi connectivity index (χ0v) is 10.4. The summed E-state index contributed by atoms with van der Waals surface area (Å²) in [4.78, 5) is 14.6. The highest BCUT2D eigenvalue weighted by molar-refractivity contribution is 5.94. The minimum Gasteiger partial charge on any atom is -0.359 e. The Labute approximate surface area is 106 Å². The lowest BCUT2D eigenvalue weighted by Gasteiger charge is -2.03. The van der Waals surface area contributed by atoms with Crippen LogP contribution in [0.5, 0.6) is 0 Å². The number of nitrogens with two attached hydrogens (primary N) is 1. The number of benzene rings is 1. The summed E-state index contributed by atoms with van der Waals surface area (Å²) >= 11 is 0. The zero-order chi connectivity index (χ0) is 11.5. The third-order valence-electron chi connectivity index (χ3n) is 2.41. The second-order valence-corrected chi connectivity index (χ2v) is 3.84. The van der Waals surface area contributed by atoms with Crippen LogP contribution >= 0.6 is 12.4 Å². The van der Waals surface area contributed by atoms with E-state index in [1.54, 1.807) is 0 Å². The van der Waals surface area contributed by atoms with Crippen LogP contribution in [0.15, 0.2) is 24.3 Å². The summed E-state index contributed by atoms with van der Waals surface area (Å²) in [5.74, 6) is -0.0471. The van der Waals surface area contributed by atoms with Crippen molar-refractivity contribution in [3.63, 3.8) is 0 Å². The molecule has 92 valence electrons. The van der Waals surface area contributed by atoms with Crippen molar-refractivity contribution in [2.75, 3.05) is 11.9 Å². The Morgan fingerprint density at radius 2 is 2.18 bits per heavy atom. The average Bonchev–Trinajstić information content (AvgIpc) is 2.57. The first-order valence-corrected chi connectivity index (χ1v) is 5.28. The zero-order valence-electron chi connectivity index (χ0n) is 9.62. The van der Waals surface area contributed by atoms with E-state index in [0.717, 1.165) is 22.3 Å². The minimum atomic E-state index is -0.0471. The molecule has 0 radical (unpaired) electrons. The van der Waals surface area contributed by atoms with Crippen LogP contribution < -0.4 is 11.1 Å². The van der Waals surface area contributed by atoms with E-state index in [0.29, 0.717) is 13.0 Å². The molecule has 0 aliphatic heterocycles. The van der Waals surface area contributed by atoms with Gasteiger partial charge in [-0.2, -0.15) is 0 Å². The first kappa shape index (κ1) is 13.5. The van der Waals surface area contributed by atoms with Gasteiger partial charge < -0.3 is 16.0 Å². The highest BCUT2D eigenvalue weighted by atomic mass is 35.5. The highest BCUT2D eigenvalue weighted by Gasteiger charge is 2.02. The molecule has 0 spiro atoms. The molecule has 4 nitrogen and oxygen atoms in total. The molecule has 4 N–H and O–H groups in total. The molecule has 0 saturated heterocycles. The molecule has 0 unspecified atom stereocenters. The average molecular weight is 254 g/mol. The number of hydrogen-bond acceptors (Lipinski definition) is 2. The van der Waals surface area contributed by atoms with Crippen LogP contribution in [0.3, 0.4) is 0 Å². The number of aromatic nitrogens is 1. The van der Waals surface area contributed by atoms with E-state index in [1.165, 1.54) is 0 Å². The third kappa shape index (κ3) is 3.22. The van der Waals surface area contributed by atoms with Crippen molar-refractivity contribution in [1.29, 1.82) is 0 Å². The Kier molecular flexibility index (Phi) is 4.54. The molecule has 5 heteroatoms. The van der Waals surface area contributed by atoms with Crippen LogP contribution in [0.1, 0.15) is 12.1 Å². The molecule has 0 aliphatic rings. The van der Waals surface area contributed by atoms with Gasteiger partial charge in [0.25, 0.3) is 0 Å². The Bertz CT molecular complexity index is 521. The Balaban J connectivity index is 0.00000144. The molecule has 0 bridgehead atoms. The van der Waals surface area contributed by atoms with E-state index in [2.05, 4.69) is 10.3 Å². The lowest BCUT2D eigenvalue weighted by atomic mass is 10.2. The number of H-pyrrole nitrogens is 1. The lowest BCUT2D eigenvalue weighted by Crippen LogP contribution is -2.15. The molecule has 17 heavy (non-hydrogen) atoms. The Hall–Kier alpha value is -1.52. The van der Waals surface area contributed by atoms with Gasteiger partial charge in [0.1, 0.15) is 0 Å². The van der Waals surface area contributed by atoms with E-state index in [9.17, 15) is 4.79 Å². The van der Waals surface area contributed by atoms with Crippen LogP contribution in [-0.4, -0.2) is 17.4 Å². The second-order valence-electron chi connectivity index (χ2n) is 3.84. The standard InChI is InChI=1S/C12H15N3O.ClH/c1-8-6-9-7-10(2-3-11(9)14-8)15-12(16)4-5-13;/h2-3,6-7,14H,4-5,13H2,1H3,(H,15,16);1H. The van der Waals surface area contributed by atoms with Crippen molar-refractivity contribution in [1.82, 2.24) is 4.98 Å². The molecular formula is C12H16ClN3O. The van der Waals surface area contributed by atoms with Gasteiger partial charge in [0.15, 0.2) is 0 Å². The van der Waals surface area contributed by atoms with Crippen LogP contribution in [-0.2, 0) is 4.79 Å². The second kappa shape index (κ2) is 5.70. The van der Waals surface area contributed by atoms with Crippen molar-refractivity contribution in [3.8, 4) is 0 Å². The van der Waals surface area contributed by atoms with Gasteiger partial charge >= 0.3 is 0 Å². The van der Waals surface area contributed by atoms with Gasteiger partial charge in [-0.15, -0.1) is 12.4 Å². The van der Waals surface area contributed by atoms with E-state index < -0.39 is 0 Å². The van der Waals surface area contributed by atoms with E-state index in [4.69, 9.17) is 5.73 Å². The summed E-state index contributed by atoms with van der Waals surface area (Å²) < 4.78 is 0. The van der Waals surface area contributed by atoms with Crippen molar-refractivity contribution >= 4 is 34.9 Å². The number of amides is 1. The predicted octanol–water partition coefficient (Wildman–Crippen LogP) is 2.19. The fraction of sp³-hybridized carbons (Fsp3) is 0.250. The van der Waals surface area contributed by atoms with Gasteiger partial charge in [0.2, 0.25) is 5.91 Å². The molecule has 0 atom stereocenters. The number of nitrogens with one attached hydrogen (secondary N) is 2. The number of hydrogen-bond donors (Lipinski definition) is 3. The van der Waals surface area contributed by atoms with E-state index in [-0.39, 0.29) is 18.3 Å². The minimum absolute atomic E-state index is 0. The number of aromatic amines is 1. The summed E-state index contributed by atoms with van der Waals surface area (Å²) in [5, 5.41) is 3.91. The van der Waals surface area contributed by atoms with Crippen LogP contribution in [0.2, 0.25) is 0 Å². The molecule has 1 heterocycles. The number of halogens is 1. The maximum Gasteiger partial charge on any atom is 0.225 e. The molecule has 1 amide bonds. The fourth-order valence-corrected chi connectivity index (χ4v) is 1.71. The molecule has 2 aromatic rings. The monoisotopic (exact) mass is 253 g/mol. The van der Waals surface area contributed by atoms with Gasteiger partial charge in [-0.3, -0.25) is 4.79 Å². The van der Waals surface area contributed by atoms with Crippen molar-refractivity contribution < 1.29 is 4.79 Å². The Morgan fingerprint density at radius 3 is 2.88 bits per heavy atom. The van der Waals surface area contributed by atoms with Gasteiger partial charge in [-0.05, 0) is 31.2 Å². The van der Waals surface area contributed by atoms with Gasteiger partial charge in [-0.1, -0.05) is 0 Å². The van der Waals surface area contributed by atoms with Crippen molar-refractivity contribution in [3.05, 3.63) is 30.0 Å². The van der Waals surface area contributed by atoms with Crippen LogP contribution in [0.25, 0.3) is 10.9 Å². The fourth-order valence-electron chi connectivity index (χ4n) is 1.71. The first-order valence-electron chi connectivity index (χ1n) is 5.28. The smallest absolute Gasteiger partial charge is 0.225 e. The number of aryl methyl sites for hydroxylation is 1. The summed E-state index contributed by atoms with van der Waals surface area (Å²) in [5.41, 5.74) is 8.31. The van der Waals surface area contributed by atoms with E-state index in [1.807, 2.05) is 31.2 Å². The number of anilines is 1. The number of rotatable bonds is 3. The SMILES string of the molecule is Cc1cc2cc(NC(=O)CCN)ccc2[nH]1.Cl. The van der Waals surface area contributed by atoms with Crippen molar-refractivity contribution in [2.45, 2.75) is 13.3 Å².